The van der Waals surface area contributed by atoms with E-state index in [9.17, 15) is 35.9 Å². The van der Waals surface area contributed by atoms with Gasteiger partial charge in [0.1, 0.15) is 0 Å². The number of carbonyl (C=O) groups excluding carboxylic acids is 2. The molecular formula is C24H25F6NO5. The topological polar surface area (TPSA) is 73.9 Å². The normalized spacial score (nSPS) is 13.9. The van der Waals surface area contributed by atoms with Crippen LogP contribution in [0.5, 0.6) is 0 Å². The molecule has 0 unspecified atom stereocenters. The second-order valence-electron chi connectivity index (χ2n) is 8.40. The number of hydrogen-bond acceptors (Lipinski definition) is 5. The number of carbonyl (C=O) groups is 2. The molecule has 1 N–H and O–H groups in total. The third kappa shape index (κ3) is 8.92. The van der Waals surface area contributed by atoms with E-state index in [1.807, 2.05) is 13.8 Å². The molecule has 0 saturated heterocycles. The Kier molecular flexibility index (Phi) is 10.0. The van der Waals surface area contributed by atoms with Crippen molar-refractivity contribution in [3.8, 4) is 0 Å². The van der Waals surface area contributed by atoms with Crippen LogP contribution in [0.4, 0.5) is 26.3 Å². The molecule has 0 heterocycles. The van der Waals surface area contributed by atoms with Crippen molar-refractivity contribution in [3.05, 3.63) is 70.8 Å². The van der Waals surface area contributed by atoms with Crippen LogP contribution in [0.25, 0.3) is 0 Å². The van der Waals surface area contributed by atoms with E-state index in [0.29, 0.717) is 0 Å². The van der Waals surface area contributed by atoms with Gasteiger partial charge in [0.25, 0.3) is 5.91 Å². The SMILES string of the molecule is CC(C)COC[C@](C=O)(COCc1ccccc1)ONC(=O)c1cc(C(F)(F)F)cc(C(F)(F)F)c1. The smallest absolute Gasteiger partial charge is 0.378 e. The Morgan fingerprint density at radius 2 is 1.47 bits per heavy atom. The molecule has 0 aromatic heterocycles. The van der Waals surface area contributed by atoms with Gasteiger partial charge < -0.3 is 9.47 Å². The fourth-order valence-electron chi connectivity index (χ4n) is 2.87. The van der Waals surface area contributed by atoms with Crippen LogP contribution in [-0.2, 0) is 38.1 Å². The number of halogens is 6. The highest BCUT2D eigenvalue weighted by Crippen LogP contribution is 2.36. The number of amides is 1. The second-order valence-corrected chi connectivity index (χ2v) is 8.40. The Bertz CT molecular complexity index is 978. The average molecular weight is 521 g/mol. The molecule has 0 fully saturated rings. The fraction of sp³-hybridized carbons (Fsp3) is 0.417. The molecule has 1 atom stereocenters. The average Bonchev–Trinajstić information content (AvgIpc) is 2.81. The molecule has 12 heteroatoms. The summed E-state index contributed by atoms with van der Waals surface area (Å²) in [6, 6.07) is 9.21. The lowest BCUT2D eigenvalue weighted by molar-refractivity contribution is -0.170. The third-order valence-corrected chi connectivity index (χ3v) is 4.67. The predicted molar refractivity (Wildman–Crippen MR) is 116 cm³/mol. The highest BCUT2D eigenvalue weighted by molar-refractivity contribution is 5.94. The van der Waals surface area contributed by atoms with Crippen LogP contribution in [0.2, 0.25) is 0 Å². The Balaban J connectivity index is 2.22. The summed E-state index contributed by atoms with van der Waals surface area (Å²) in [7, 11) is 0. The number of ether oxygens (including phenoxy) is 2. The summed E-state index contributed by atoms with van der Waals surface area (Å²) in [5.74, 6) is -1.36. The number of rotatable bonds is 12. The highest BCUT2D eigenvalue weighted by Gasteiger charge is 2.38. The van der Waals surface area contributed by atoms with Gasteiger partial charge in [-0.05, 0) is 29.7 Å². The first-order valence-corrected chi connectivity index (χ1v) is 10.7. The predicted octanol–water partition coefficient (Wildman–Crippen LogP) is 5.21. The first-order chi connectivity index (χ1) is 16.8. The minimum Gasteiger partial charge on any atom is -0.378 e. The molecule has 2 rings (SSSR count). The van der Waals surface area contributed by atoms with E-state index in [1.165, 1.54) is 0 Å². The van der Waals surface area contributed by atoms with Crippen LogP contribution in [-0.4, -0.2) is 37.6 Å². The molecule has 1 amide bonds. The molecular weight excluding hydrogens is 496 g/mol. The highest BCUT2D eigenvalue weighted by atomic mass is 19.4. The minimum atomic E-state index is -5.14. The fourth-order valence-corrected chi connectivity index (χ4v) is 2.87. The standard InChI is InChI=1S/C24H25F6NO5/c1-16(2)11-34-14-22(13-32,15-35-12-17-6-4-3-5-7-17)36-31-21(33)18-8-19(23(25,26)27)10-20(9-18)24(28,29)30/h3-10,13,16H,11-12,14-15H2,1-2H3,(H,31,33)/t22-/m1/s1. The molecule has 0 spiro atoms. The van der Waals surface area contributed by atoms with Gasteiger partial charge in [-0.25, -0.2) is 5.48 Å². The van der Waals surface area contributed by atoms with Crippen molar-refractivity contribution < 1.29 is 50.2 Å². The first-order valence-electron chi connectivity index (χ1n) is 10.7. The van der Waals surface area contributed by atoms with Crippen molar-refractivity contribution >= 4 is 12.2 Å². The van der Waals surface area contributed by atoms with Crippen LogP contribution in [0.15, 0.2) is 48.5 Å². The molecule has 0 aliphatic rings. The lowest BCUT2D eigenvalue weighted by atomic mass is 10.0. The molecule has 0 saturated carbocycles. The van der Waals surface area contributed by atoms with Gasteiger partial charge in [0, 0.05) is 12.2 Å². The molecule has 198 valence electrons. The molecule has 0 aliphatic heterocycles. The first kappa shape index (κ1) is 29.3. The number of aldehydes is 1. The summed E-state index contributed by atoms with van der Waals surface area (Å²) in [5.41, 5.74) is -3.70. The van der Waals surface area contributed by atoms with Crippen molar-refractivity contribution in [2.24, 2.45) is 5.92 Å². The summed E-state index contributed by atoms with van der Waals surface area (Å²) < 4.78 is 89.6. The van der Waals surface area contributed by atoms with E-state index in [-0.39, 0.29) is 43.6 Å². The molecule has 0 bridgehead atoms. The van der Waals surface area contributed by atoms with E-state index in [4.69, 9.17) is 14.3 Å². The summed E-state index contributed by atoms with van der Waals surface area (Å²) in [6.07, 6.45) is -9.99. The third-order valence-electron chi connectivity index (χ3n) is 4.67. The molecule has 36 heavy (non-hydrogen) atoms. The van der Waals surface area contributed by atoms with Gasteiger partial charge in [0.2, 0.25) is 0 Å². The van der Waals surface area contributed by atoms with Gasteiger partial charge in [-0.3, -0.25) is 14.4 Å². The van der Waals surface area contributed by atoms with Gasteiger partial charge in [0.15, 0.2) is 11.9 Å². The lowest BCUT2D eigenvalue weighted by Gasteiger charge is -2.28. The van der Waals surface area contributed by atoms with E-state index in [0.717, 1.165) is 5.56 Å². The Hall–Kier alpha value is -2.96. The molecule has 2 aromatic rings. The van der Waals surface area contributed by atoms with E-state index < -0.39 is 53.8 Å². The summed E-state index contributed by atoms with van der Waals surface area (Å²) >= 11 is 0. The maximum Gasteiger partial charge on any atom is 0.416 e. The van der Waals surface area contributed by atoms with Crippen LogP contribution in [0, 0.1) is 5.92 Å². The lowest BCUT2D eigenvalue weighted by Crippen LogP contribution is -2.49. The van der Waals surface area contributed by atoms with E-state index in [2.05, 4.69) is 0 Å². The zero-order valence-corrected chi connectivity index (χ0v) is 19.4. The van der Waals surface area contributed by atoms with Gasteiger partial charge in [0.05, 0.1) is 30.9 Å². The second kappa shape index (κ2) is 12.3. The minimum absolute atomic E-state index is 0.0560. The Labute approximate surface area is 203 Å². The number of nitrogens with one attached hydrogen (secondary N) is 1. The van der Waals surface area contributed by atoms with Crippen molar-refractivity contribution in [2.45, 2.75) is 38.4 Å². The number of hydroxylamine groups is 1. The van der Waals surface area contributed by atoms with Crippen LogP contribution in [0.1, 0.15) is 40.9 Å². The van der Waals surface area contributed by atoms with Crippen LogP contribution < -0.4 is 5.48 Å². The van der Waals surface area contributed by atoms with Crippen molar-refractivity contribution in [2.75, 3.05) is 19.8 Å². The summed E-state index contributed by atoms with van der Waals surface area (Å²) in [4.78, 5) is 29.6. The zero-order valence-electron chi connectivity index (χ0n) is 19.4. The van der Waals surface area contributed by atoms with Crippen LogP contribution in [0.3, 0.4) is 0 Å². The van der Waals surface area contributed by atoms with Gasteiger partial charge >= 0.3 is 12.4 Å². The molecule has 6 nitrogen and oxygen atoms in total. The van der Waals surface area contributed by atoms with Gasteiger partial charge in [-0.1, -0.05) is 44.2 Å². The number of benzene rings is 2. The number of hydrogen-bond donors (Lipinski definition) is 1. The van der Waals surface area contributed by atoms with Gasteiger partial charge in [-0.15, -0.1) is 0 Å². The van der Waals surface area contributed by atoms with E-state index >= 15 is 0 Å². The molecule has 2 aromatic carbocycles. The zero-order chi connectivity index (χ0) is 27.0. The number of alkyl halides is 6. The maximum atomic E-state index is 13.1. The molecule has 0 radical (unpaired) electrons. The van der Waals surface area contributed by atoms with E-state index in [1.54, 1.807) is 35.8 Å². The van der Waals surface area contributed by atoms with Gasteiger partial charge in [-0.2, -0.15) is 26.3 Å². The largest absolute Gasteiger partial charge is 0.416 e. The Morgan fingerprint density at radius 3 is 1.97 bits per heavy atom. The summed E-state index contributed by atoms with van der Waals surface area (Å²) in [6.45, 7) is 3.10. The monoisotopic (exact) mass is 521 g/mol. The van der Waals surface area contributed by atoms with Crippen molar-refractivity contribution in [1.82, 2.24) is 5.48 Å². The quantitative estimate of drug-likeness (QED) is 0.236. The van der Waals surface area contributed by atoms with Crippen LogP contribution >= 0.6 is 0 Å². The molecule has 0 aliphatic carbocycles. The Morgan fingerprint density at radius 1 is 0.917 bits per heavy atom. The van der Waals surface area contributed by atoms with Crippen molar-refractivity contribution in [3.63, 3.8) is 0 Å². The maximum absolute atomic E-state index is 13.1. The summed E-state index contributed by atoms with van der Waals surface area (Å²) in [5, 5.41) is 0. The van der Waals surface area contributed by atoms with Crippen molar-refractivity contribution in [1.29, 1.82) is 0 Å².